The maximum Gasteiger partial charge on any atom is 1.00 e. The number of carbonyl (C=O) groups excluding carboxylic acids is 5. The Morgan fingerprint density at radius 2 is 1.91 bits per heavy atom. The standard InChI is InChI=1S/C23H26N8O9S2.2Na/c1-30-21(27-28-29-30)42-10-12-9-41-20-23(39-2,19(37)31(20)16(12)18(35)36)26-15(32)7-11-3-5-13(6-4-11)25-22(38)40-8-14(24)17(33)34;;/h3-6,14,20H,7-10,24H2,1-2H3,(H,25,38)(H,26,32)(H,33,34)(H,35,36);;/q;2*+1/p-2/t14-,20+,23+;;/m1../s1. The normalized spacial score (nSPS) is 19.4. The molecule has 17 nitrogen and oxygen atoms in total. The van der Waals surface area contributed by atoms with Crippen molar-refractivity contribution >= 4 is 59.1 Å². The van der Waals surface area contributed by atoms with Crippen LogP contribution in [0.1, 0.15) is 5.56 Å². The number of nitrogens with one attached hydrogen (secondary N) is 2. The number of rotatable bonds is 12. The average molecular weight is 667 g/mol. The minimum atomic E-state index is -1.79. The van der Waals surface area contributed by atoms with Crippen LogP contribution in [0.15, 0.2) is 40.7 Å². The third-order valence-corrected chi connectivity index (χ3v) is 8.64. The van der Waals surface area contributed by atoms with E-state index in [9.17, 15) is 34.2 Å². The minimum absolute atomic E-state index is 0. The van der Waals surface area contributed by atoms with Crippen LogP contribution in [0.25, 0.3) is 0 Å². The summed E-state index contributed by atoms with van der Waals surface area (Å²) in [7, 11) is 2.88. The first kappa shape index (κ1) is 38.0. The van der Waals surface area contributed by atoms with Crippen molar-refractivity contribution in [2.75, 3.05) is 30.5 Å². The molecule has 0 unspecified atom stereocenters. The monoisotopic (exact) mass is 666 g/mol. The quantitative estimate of drug-likeness (QED) is 0.0824. The van der Waals surface area contributed by atoms with Gasteiger partial charge >= 0.3 is 65.2 Å². The summed E-state index contributed by atoms with van der Waals surface area (Å²) in [5.74, 6) is -4.00. The van der Waals surface area contributed by atoms with Gasteiger partial charge in [-0.3, -0.25) is 19.8 Å². The number of carboxylic acid groups (broad SMARTS) is 2. The molecule has 0 aliphatic carbocycles. The number of aromatic nitrogens is 4. The Labute approximate surface area is 303 Å². The van der Waals surface area contributed by atoms with Gasteiger partial charge in [0.25, 0.3) is 11.6 Å². The molecule has 224 valence electrons. The van der Waals surface area contributed by atoms with Gasteiger partial charge in [0.15, 0.2) is 0 Å². The van der Waals surface area contributed by atoms with Crippen molar-refractivity contribution < 1.29 is 103 Å². The van der Waals surface area contributed by atoms with Crippen molar-refractivity contribution in [2.24, 2.45) is 12.8 Å². The van der Waals surface area contributed by atoms with Crippen LogP contribution in [-0.2, 0) is 42.1 Å². The van der Waals surface area contributed by atoms with E-state index in [4.69, 9.17) is 15.2 Å². The maximum absolute atomic E-state index is 13.3. The Bertz CT molecular complexity index is 1440. The van der Waals surface area contributed by atoms with E-state index in [1.165, 1.54) is 47.4 Å². The van der Waals surface area contributed by atoms with Gasteiger partial charge in [-0.1, -0.05) is 23.9 Å². The molecule has 44 heavy (non-hydrogen) atoms. The maximum atomic E-state index is 13.3. The molecular formula is C23H24N8Na2O9S2. The Kier molecular flexibility index (Phi) is 14.1. The van der Waals surface area contributed by atoms with E-state index >= 15 is 0 Å². The molecular weight excluding hydrogens is 642 g/mol. The molecule has 0 spiro atoms. The van der Waals surface area contributed by atoms with Crippen LogP contribution in [0.4, 0.5) is 10.5 Å². The number of fused-ring (bicyclic) bond motifs is 1. The minimum Gasteiger partial charge on any atom is -0.548 e. The molecule has 1 aromatic carbocycles. The van der Waals surface area contributed by atoms with Crippen molar-refractivity contribution in [3.8, 4) is 0 Å². The molecule has 4 N–H and O–H groups in total. The molecule has 1 saturated heterocycles. The first-order chi connectivity index (χ1) is 20.0. The number of aryl methyl sites for hydroxylation is 1. The van der Waals surface area contributed by atoms with Crippen molar-refractivity contribution in [1.29, 1.82) is 0 Å². The Morgan fingerprint density at radius 3 is 2.48 bits per heavy atom. The van der Waals surface area contributed by atoms with Crippen LogP contribution in [-0.4, -0.2) is 97.3 Å². The number of tetrazole rings is 1. The molecule has 3 amide bonds. The number of benzene rings is 1. The smallest absolute Gasteiger partial charge is 0.548 e. The zero-order valence-electron chi connectivity index (χ0n) is 24.1. The fraction of sp³-hybridized carbons (Fsp3) is 0.391. The van der Waals surface area contributed by atoms with Gasteiger partial charge in [-0.15, -0.1) is 16.9 Å². The molecule has 2 aliphatic heterocycles. The summed E-state index contributed by atoms with van der Waals surface area (Å²) < 4.78 is 11.6. The first-order valence-electron chi connectivity index (χ1n) is 12.1. The largest absolute Gasteiger partial charge is 1.00 e. The number of carbonyl (C=O) groups is 5. The van der Waals surface area contributed by atoms with E-state index < -0.39 is 53.6 Å². The topological polar surface area (TPSA) is 247 Å². The molecule has 1 fully saturated rings. The molecule has 2 aliphatic rings. The van der Waals surface area contributed by atoms with Crippen LogP contribution in [0.5, 0.6) is 0 Å². The summed E-state index contributed by atoms with van der Waals surface area (Å²) in [5, 5.41) is 38.4. The fourth-order valence-electron chi connectivity index (χ4n) is 4.07. The van der Waals surface area contributed by atoms with E-state index in [2.05, 4.69) is 26.2 Å². The number of hydrogen-bond donors (Lipinski definition) is 3. The molecule has 21 heteroatoms. The number of carboxylic acids is 2. The van der Waals surface area contributed by atoms with Crippen molar-refractivity contribution in [3.05, 3.63) is 41.1 Å². The predicted molar refractivity (Wildman–Crippen MR) is 141 cm³/mol. The summed E-state index contributed by atoms with van der Waals surface area (Å²) >= 11 is 2.43. The number of nitrogens with zero attached hydrogens (tertiary/aromatic N) is 5. The van der Waals surface area contributed by atoms with Gasteiger partial charge in [0.05, 0.1) is 30.1 Å². The molecule has 3 atom stereocenters. The predicted octanol–water partition coefficient (Wildman–Crippen LogP) is -9.44. The van der Waals surface area contributed by atoms with Gasteiger partial charge in [0.1, 0.15) is 12.0 Å². The third-order valence-electron chi connectivity index (χ3n) is 6.17. The van der Waals surface area contributed by atoms with Gasteiger partial charge < -0.3 is 40.3 Å². The van der Waals surface area contributed by atoms with Crippen molar-refractivity contribution in [2.45, 2.75) is 28.7 Å². The molecule has 0 saturated carbocycles. The Morgan fingerprint density at radius 1 is 1.23 bits per heavy atom. The van der Waals surface area contributed by atoms with Gasteiger partial charge in [-0.25, -0.2) is 9.48 Å². The second-order valence-electron chi connectivity index (χ2n) is 8.96. The number of amides is 3. The van der Waals surface area contributed by atoms with Crippen LogP contribution < -0.4 is 85.7 Å². The zero-order valence-corrected chi connectivity index (χ0v) is 29.7. The van der Waals surface area contributed by atoms with E-state index in [1.807, 2.05) is 0 Å². The van der Waals surface area contributed by atoms with Gasteiger partial charge in [0.2, 0.25) is 11.1 Å². The first-order valence-corrected chi connectivity index (χ1v) is 14.1. The Hall–Kier alpha value is -2.20. The molecule has 0 radical (unpaired) electrons. The molecule has 4 rings (SSSR count). The number of hydrogen-bond acceptors (Lipinski definition) is 15. The second kappa shape index (κ2) is 16.4. The number of nitrogens with two attached hydrogens (primary N) is 1. The summed E-state index contributed by atoms with van der Waals surface area (Å²) in [6.45, 7) is -0.579. The summed E-state index contributed by atoms with van der Waals surface area (Å²) in [6.07, 6.45) is -1.10. The van der Waals surface area contributed by atoms with Crippen molar-refractivity contribution in [1.82, 2.24) is 30.4 Å². The molecule has 1 aromatic heterocycles. The average Bonchev–Trinajstić information content (AvgIpc) is 3.37. The Balaban J connectivity index is 0.00000337. The van der Waals surface area contributed by atoms with Crippen molar-refractivity contribution in [3.63, 3.8) is 0 Å². The summed E-state index contributed by atoms with van der Waals surface area (Å²) in [6, 6.07) is 4.58. The second-order valence-corrected chi connectivity index (χ2v) is 11.0. The number of ether oxygens (including phenoxy) is 2. The van der Waals surface area contributed by atoms with E-state index in [-0.39, 0.29) is 82.7 Å². The number of aliphatic carboxylic acids is 2. The number of thioether (sulfide) groups is 2. The van der Waals surface area contributed by atoms with E-state index in [1.54, 1.807) is 19.2 Å². The SMILES string of the molecule is CO[C@@]1(NC(=O)Cc2ccc(NC(=O)OC[C@@H](N)C(=O)[O-])cc2)C(=O)N2C(C(=O)[O-])=C(CSc3nnnn3C)CS[C@H]21.[Na+].[Na+]. The van der Waals surface area contributed by atoms with Crippen LogP contribution in [0.2, 0.25) is 0 Å². The summed E-state index contributed by atoms with van der Waals surface area (Å²) in [4.78, 5) is 61.7. The van der Waals surface area contributed by atoms with Crippen LogP contribution in [0.3, 0.4) is 0 Å². The zero-order chi connectivity index (χ0) is 30.6. The van der Waals surface area contributed by atoms with Crippen LogP contribution >= 0.6 is 23.5 Å². The molecule has 3 heterocycles. The van der Waals surface area contributed by atoms with Crippen LogP contribution in [0, 0.1) is 0 Å². The number of anilines is 1. The number of methoxy groups -OCH3 is 1. The molecule has 2 aromatic rings. The summed E-state index contributed by atoms with van der Waals surface area (Å²) in [5.41, 5.74) is 4.41. The van der Waals surface area contributed by atoms with Gasteiger partial charge in [-0.05, 0) is 33.7 Å². The molecule has 0 bridgehead atoms. The van der Waals surface area contributed by atoms with Gasteiger partial charge in [-0.2, -0.15) is 0 Å². The van der Waals surface area contributed by atoms with E-state index in [0.717, 1.165) is 4.90 Å². The van der Waals surface area contributed by atoms with Gasteiger partial charge in [0, 0.05) is 31.4 Å². The third kappa shape index (κ3) is 8.33. The van der Waals surface area contributed by atoms with E-state index in [0.29, 0.717) is 22.0 Å². The fourth-order valence-corrected chi connectivity index (χ4v) is 6.50. The number of β-lactam (4-membered cyclic amide) rings is 1.